The van der Waals surface area contributed by atoms with E-state index in [1.165, 1.54) is 109 Å². The van der Waals surface area contributed by atoms with Crippen molar-refractivity contribution in [2.24, 2.45) is 0 Å². The van der Waals surface area contributed by atoms with E-state index in [0.29, 0.717) is 23.9 Å². The Balaban J connectivity index is 4.35. The number of rotatable bonds is 43. The summed E-state index contributed by atoms with van der Waals surface area (Å²) in [5.41, 5.74) is 0. The van der Waals surface area contributed by atoms with Crippen molar-refractivity contribution in [3.63, 3.8) is 0 Å². The first kappa shape index (κ1) is 55.5. The van der Waals surface area contributed by atoms with E-state index < -0.39 is 24.3 Å². The molecule has 0 amide bonds. The molecule has 9 nitrogen and oxygen atoms in total. The molecule has 0 fully saturated rings. The molecule has 0 aliphatic carbocycles. The van der Waals surface area contributed by atoms with Crippen molar-refractivity contribution in [3.8, 4) is 0 Å². The Morgan fingerprint density at radius 3 is 1.47 bits per heavy atom. The second-order valence-corrected chi connectivity index (χ2v) is 17.0. The van der Waals surface area contributed by atoms with Gasteiger partial charge in [-0.1, -0.05) is 179 Å². The van der Waals surface area contributed by atoms with Crippen LogP contribution in [0.3, 0.4) is 0 Å². The standard InChI is InChI=1S/C49H89NO8/c1-6-8-10-12-14-16-18-20-21-22-23-24-25-26-28-29-31-33-35-37-39-46(51)56-43-45(44-57-49(48(53)54)55-42-41-50(3,4)5)58-47(52)40-38-36-34-32-30-27-19-17-15-13-11-9-7-2/h9,11,15,17,27,30,45,49H,6-8,10,12-14,16,18-26,28-29,31-44H2,1-5H3/p+1/b11-9-,17-15-,30-27-. The van der Waals surface area contributed by atoms with Crippen LogP contribution in [0.1, 0.15) is 200 Å². The zero-order chi connectivity index (χ0) is 42.8. The largest absolute Gasteiger partial charge is 0.477 e. The summed E-state index contributed by atoms with van der Waals surface area (Å²) in [6.45, 7) is 4.73. The minimum Gasteiger partial charge on any atom is -0.477 e. The molecule has 0 saturated carbocycles. The third kappa shape index (κ3) is 41.7. The summed E-state index contributed by atoms with van der Waals surface area (Å²) >= 11 is 0. The molecule has 9 heteroatoms. The predicted molar refractivity (Wildman–Crippen MR) is 240 cm³/mol. The lowest BCUT2D eigenvalue weighted by Crippen LogP contribution is -2.40. The van der Waals surface area contributed by atoms with Crippen LogP contribution in [0.4, 0.5) is 0 Å². The normalized spacial score (nSPS) is 13.2. The second kappa shape index (κ2) is 41.3. The zero-order valence-corrected chi connectivity index (χ0v) is 38.2. The number of hydrogen-bond donors (Lipinski definition) is 1. The Hall–Kier alpha value is -2.49. The Labute approximate surface area is 356 Å². The lowest BCUT2D eigenvalue weighted by atomic mass is 10.0. The highest BCUT2D eigenvalue weighted by molar-refractivity contribution is 5.71. The molecular weight excluding hydrogens is 731 g/mol. The third-order valence-corrected chi connectivity index (χ3v) is 10.2. The molecule has 0 aromatic carbocycles. The first-order valence-corrected chi connectivity index (χ1v) is 23.7. The fourth-order valence-corrected chi connectivity index (χ4v) is 6.50. The van der Waals surface area contributed by atoms with Crippen molar-refractivity contribution in [1.29, 1.82) is 0 Å². The molecule has 338 valence electrons. The van der Waals surface area contributed by atoms with Gasteiger partial charge in [0.15, 0.2) is 6.10 Å². The van der Waals surface area contributed by atoms with Crippen LogP contribution in [0.15, 0.2) is 36.5 Å². The van der Waals surface area contributed by atoms with Gasteiger partial charge in [0.2, 0.25) is 0 Å². The zero-order valence-electron chi connectivity index (χ0n) is 38.2. The van der Waals surface area contributed by atoms with Crippen molar-refractivity contribution in [3.05, 3.63) is 36.5 Å². The number of carboxylic acids is 1. The van der Waals surface area contributed by atoms with Gasteiger partial charge in [-0.25, -0.2) is 4.79 Å². The second-order valence-electron chi connectivity index (χ2n) is 17.0. The van der Waals surface area contributed by atoms with Crippen molar-refractivity contribution in [2.75, 3.05) is 47.5 Å². The van der Waals surface area contributed by atoms with E-state index in [1.807, 2.05) is 21.1 Å². The van der Waals surface area contributed by atoms with Crippen LogP contribution >= 0.6 is 0 Å². The summed E-state index contributed by atoms with van der Waals surface area (Å²) in [6, 6.07) is 0. The monoisotopic (exact) mass is 821 g/mol. The first-order chi connectivity index (χ1) is 28.1. The van der Waals surface area contributed by atoms with Gasteiger partial charge in [-0.2, -0.15) is 0 Å². The Kier molecular flexibility index (Phi) is 39.5. The number of carbonyl (C=O) groups excluding carboxylic acids is 2. The van der Waals surface area contributed by atoms with Crippen LogP contribution in [0.5, 0.6) is 0 Å². The number of carboxylic acid groups (broad SMARTS) is 1. The summed E-state index contributed by atoms with van der Waals surface area (Å²) in [6.07, 6.45) is 43.6. The molecule has 1 N–H and O–H groups in total. The van der Waals surface area contributed by atoms with Crippen LogP contribution in [0.25, 0.3) is 0 Å². The molecule has 0 radical (unpaired) electrons. The average molecular weight is 821 g/mol. The number of hydrogen-bond acceptors (Lipinski definition) is 7. The van der Waals surface area contributed by atoms with Crippen LogP contribution in [-0.2, 0) is 33.3 Å². The first-order valence-electron chi connectivity index (χ1n) is 23.7. The van der Waals surface area contributed by atoms with Gasteiger partial charge in [0, 0.05) is 12.8 Å². The van der Waals surface area contributed by atoms with Crippen molar-refractivity contribution in [2.45, 2.75) is 212 Å². The SMILES string of the molecule is CC/C=C\C/C=C\C/C=C\CCCCCC(=O)OC(COC(=O)CCCCCCCCCCCCCCCCCCCCCC)COC(OCC[N+](C)(C)C)C(=O)O. The van der Waals surface area contributed by atoms with E-state index in [-0.39, 0.29) is 32.2 Å². The highest BCUT2D eigenvalue weighted by Gasteiger charge is 2.25. The molecule has 0 aromatic heterocycles. The number of ether oxygens (including phenoxy) is 4. The van der Waals surface area contributed by atoms with Crippen molar-refractivity contribution in [1.82, 2.24) is 0 Å². The smallest absolute Gasteiger partial charge is 0.361 e. The van der Waals surface area contributed by atoms with Crippen molar-refractivity contribution < 1.29 is 42.9 Å². The lowest BCUT2D eigenvalue weighted by molar-refractivity contribution is -0.870. The van der Waals surface area contributed by atoms with Gasteiger partial charge in [0.1, 0.15) is 13.2 Å². The molecule has 0 bridgehead atoms. The Morgan fingerprint density at radius 1 is 0.534 bits per heavy atom. The van der Waals surface area contributed by atoms with Crippen LogP contribution in [-0.4, -0.2) is 87.4 Å². The van der Waals surface area contributed by atoms with Gasteiger partial charge in [-0.3, -0.25) is 9.59 Å². The summed E-state index contributed by atoms with van der Waals surface area (Å²) in [5.74, 6) is -2.04. The maximum Gasteiger partial charge on any atom is 0.361 e. The van der Waals surface area contributed by atoms with Crippen LogP contribution in [0.2, 0.25) is 0 Å². The number of esters is 2. The minimum absolute atomic E-state index is 0.182. The van der Waals surface area contributed by atoms with Crippen molar-refractivity contribution >= 4 is 17.9 Å². The maximum absolute atomic E-state index is 12.7. The third-order valence-electron chi connectivity index (χ3n) is 10.2. The van der Waals surface area contributed by atoms with Gasteiger partial charge in [0.25, 0.3) is 6.29 Å². The maximum atomic E-state index is 12.7. The fraction of sp³-hybridized carbons (Fsp3) is 0.816. The quantitative estimate of drug-likeness (QED) is 0.0213. The Bertz CT molecular complexity index is 1050. The lowest BCUT2D eigenvalue weighted by Gasteiger charge is -2.25. The summed E-state index contributed by atoms with van der Waals surface area (Å²) < 4.78 is 22.7. The van der Waals surface area contributed by atoms with Gasteiger partial charge < -0.3 is 28.5 Å². The summed E-state index contributed by atoms with van der Waals surface area (Å²) in [5, 5.41) is 9.63. The highest BCUT2D eigenvalue weighted by atomic mass is 16.7. The van der Waals surface area contributed by atoms with Gasteiger partial charge >= 0.3 is 17.9 Å². The molecule has 0 aliphatic rings. The molecule has 2 unspecified atom stereocenters. The molecular formula is C49H90NO8+. The number of carbonyl (C=O) groups is 3. The molecule has 0 rings (SSSR count). The topological polar surface area (TPSA) is 108 Å². The number of allylic oxidation sites excluding steroid dienone is 6. The average Bonchev–Trinajstić information content (AvgIpc) is 3.18. The number of quaternary nitrogens is 1. The van der Waals surface area contributed by atoms with E-state index in [4.69, 9.17) is 18.9 Å². The number of nitrogens with zero attached hydrogens (tertiary/aromatic N) is 1. The minimum atomic E-state index is -1.51. The Morgan fingerprint density at radius 2 is 0.983 bits per heavy atom. The predicted octanol–water partition coefficient (Wildman–Crippen LogP) is 12.6. The molecule has 58 heavy (non-hydrogen) atoms. The van der Waals surface area contributed by atoms with E-state index in [0.717, 1.165) is 57.8 Å². The van der Waals surface area contributed by atoms with E-state index in [9.17, 15) is 19.5 Å². The van der Waals surface area contributed by atoms with Crippen LogP contribution < -0.4 is 0 Å². The molecule has 0 heterocycles. The fourth-order valence-electron chi connectivity index (χ4n) is 6.50. The molecule has 0 saturated heterocycles. The van der Waals surface area contributed by atoms with Gasteiger partial charge in [0.05, 0.1) is 34.4 Å². The molecule has 0 aromatic rings. The number of likely N-dealkylation sites (N-methyl/N-ethyl adjacent to an activating group) is 1. The number of aliphatic carboxylic acids is 1. The van der Waals surface area contributed by atoms with E-state index in [2.05, 4.69) is 50.3 Å². The summed E-state index contributed by atoms with van der Waals surface area (Å²) in [7, 11) is 5.95. The van der Waals surface area contributed by atoms with Crippen LogP contribution in [0, 0.1) is 0 Å². The van der Waals surface area contributed by atoms with E-state index in [1.54, 1.807) is 0 Å². The number of unbranched alkanes of at least 4 members (excludes halogenated alkanes) is 22. The molecule has 2 atom stereocenters. The van der Waals surface area contributed by atoms with Gasteiger partial charge in [-0.15, -0.1) is 0 Å². The molecule has 0 spiro atoms. The summed E-state index contributed by atoms with van der Waals surface area (Å²) in [4.78, 5) is 37.1. The molecule has 0 aliphatic heterocycles. The van der Waals surface area contributed by atoms with E-state index >= 15 is 0 Å². The van der Waals surface area contributed by atoms with Gasteiger partial charge in [-0.05, 0) is 44.9 Å². The highest BCUT2D eigenvalue weighted by Crippen LogP contribution is 2.16.